The molecule has 2 bridgehead atoms. The van der Waals surface area contributed by atoms with E-state index in [4.69, 9.17) is 5.73 Å². The maximum Gasteiger partial charge on any atom is 0.0102 e. The third-order valence-electron chi connectivity index (χ3n) is 2.63. The quantitative estimate of drug-likeness (QED) is 0.483. The van der Waals surface area contributed by atoms with Crippen LogP contribution in [0.15, 0.2) is 12.2 Å². The molecule has 0 heterocycles. The highest BCUT2D eigenvalue weighted by atomic mass is 14.7. The average Bonchev–Trinajstić information content (AvgIpc) is 2.25. The molecular formula is C8H13N. The smallest absolute Gasteiger partial charge is 0.0102 e. The van der Waals surface area contributed by atoms with E-state index in [1.165, 1.54) is 19.3 Å². The van der Waals surface area contributed by atoms with Gasteiger partial charge in [0.2, 0.25) is 0 Å². The maximum absolute atomic E-state index is 5.86. The van der Waals surface area contributed by atoms with Gasteiger partial charge in [0, 0.05) is 6.04 Å². The lowest BCUT2D eigenvalue weighted by atomic mass is 9.84. The largest absolute Gasteiger partial charge is 0.327 e. The van der Waals surface area contributed by atoms with Crippen LogP contribution in [0.4, 0.5) is 0 Å². The highest BCUT2D eigenvalue weighted by Gasteiger charge is 2.28. The summed E-state index contributed by atoms with van der Waals surface area (Å²) in [6.45, 7) is 0. The maximum atomic E-state index is 5.86. The standard InChI is InChI=1S/C8H13N/c9-8-4-2-6-1-3-7(8)5-6/h1,3,6-8H,2,4-5,9H2. The molecule has 0 saturated heterocycles. The van der Waals surface area contributed by atoms with E-state index in [1.54, 1.807) is 0 Å². The first kappa shape index (κ1) is 5.48. The summed E-state index contributed by atoms with van der Waals surface area (Å²) in [6, 6.07) is 0.472. The molecule has 0 aromatic rings. The molecule has 1 nitrogen and oxygen atoms in total. The molecule has 50 valence electrons. The van der Waals surface area contributed by atoms with Crippen molar-refractivity contribution in [3.8, 4) is 0 Å². The number of hydrogen-bond donors (Lipinski definition) is 1. The summed E-state index contributed by atoms with van der Waals surface area (Å²) < 4.78 is 0. The van der Waals surface area contributed by atoms with Gasteiger partial charge in [-0.05, 0) is 31.1 Å². The second-order valence-electron chi connectivity index (χ2n) is 3.29. The Labute approximate surface area is 55.9 Å². The minimum Gasteiger partial charge on any atom is -0.327 e. The molecule has 3 unspecified atom stereocenters. The molecule has 0 amide bonds. The van der Waals surface area contributed by atoms with E-state index in [9.17, 15) is 0 Å². The van der Waals surface area contributed by atoms with Gasteiger partial charge in [0.25, 0.3) is 0 Å². The van der Waals surface area contributed by atoms with Crippen LogP contribution >= 0.6 is 0 Å². The van der Waals surface area contributed by atoms with Crippen molar-refractivity contribution < 1.29 is 0 Å². The lowest BCUT2D eigenvalue weighted by molar-refractivity contribution is 0.335. The Kier molecular flexibility index (Phi) is 1.12. The lowest BCUT2D eigenvalue weighted by Gasteiger charge is -2.25. The van der Waals surface area contributed by atoms with Gasteiger partial charge in [-0.25, -0.2) is 0 Å². The number of allylic oxidation sites excluding steroid dienone is 1. The third kappa shape index (κ3) is 0.799. The second kappa shape index (κ2) is 1.84. The summed E-state index contributed by atoms with van der Waals surface area (Å²) in [5.74, 6) is 1.61. The SMILES string of the molecule is NC1CCC2C=CC1C2. The molecule has 9 heavy (non-hydrogen) atoms. The molecule has 0 aromatic carbocycles. The van der Waals surface area contributed by atoms with Crippen molar-refractivity contribution in [1.82, 2.24) is 0 Å². The Morgan fingerprint density at radius 3 is 2.89 bits per heavy atom. The van der Waals surface area contributed by atoms with Crippen LogP contribution in [0.2, 0.25) is 0 Å². The number of fused-ring (bicyclic) bond motifs is 2. The summed E-state index contributed by atoms with van der Waals surface area (Å²) in [4.78, 5) is 0. The van der Waals surface area contributed by atoms with Crippen LogP contribution in [-0.4, -0.2) is 6.04 Å². The van der Waals surface area contributed by atoms with Crippen molar-refractivity contribution in [2.24, 2.45) is 17.6 Å². The zero-order chi connectivity index (χ0) is 6.27. The average molecular weight is 123 g/mol. The first-order chi connectivity index (χ1) is 4.36. The summed E-state index contributed by atoms with van der Waals surface area (Å²) in [5.41, 5.74) is 5.86. The topological polar surface area (TPSA) is 26.0 Å². The van der Waals surface area contributed by atoms with Gasteiger partial charge < -0.3 is 5.73 Å². The highest BCUT2D eigenvalue weighted by molar-refractivity contribution is 5.08. The van der Waals surface area contributed by atoms with Crippen molar-refractivity contribution in [3.63, 3.8) is 0 Å². The zero-order valence-corrected chi connectivity index (χ0v) is 5.59. The normalized spacial score (nSPS) is 47.9. The summed E-state index contributed by atoms with van der Waals surface area (Å²) >= 11 is 0. The van der Waals surface area contributed by atoms with Gasteiger partial charge in [0.15, 0.2) is 0 Å². The molecule has 2 rings (SSSR count). The molecule has 0 aliphatic heterocycles. The van der Waals surface area contributed by atoms with E-state index >= 15 is 0 Å². The van der Waals surface area contributed by atoms with Gasteiger partial charge in [-0.3, -0.25) is 0 Å². The summed E-state index contributed by atoms with van der Waals surface area (Å²) in [7, 11) is 0. The van der Waals surface area contributed by atoms with E-state index in [1.807, 2.05) is 0 Å². The van der Waals surface area contributed by atoms with E-state index in [0.717, 1.165) is 11.8 Å². The van der Waals surface area contributed by atoms with E-state index in [-0.39, 0.29) is 0 Å². The van der Waals surface area contributed by atoms with Gasteiger partial charge in [0.05, 0.1) is 0 Å². The van der Waals surface area contributed by atoms with Crippen molar-refractivity contribution in [1.29, 1.82) is 0 Å². The molecule has 0 spiro atoms. The summed E-state index contributed by atoms with van der Waals surface area (Å²) in [5, 5.41) is 0. The Bertz CT molecular complexity index is 140. The van der Waals surface area contributed by atoms with Gasteiger partial charge in [0.1, 0.15) is 0 Å². The zero-order valence-electron chi connectivity index (χ0n) is 5.59. The number of hydrogen-bond acceptors (Lipinski definition) is 1. The van der Waals surface area contributed by atoms with Crippen LogP contribution in [0.5, 0.6) is 0 Å². The predicted molar refractivity (Wildman–Crippen MR) is 37.9 cm³/mol. The number of rotatable bonds is 0. The Balaban J connectivity index is 2.14. The van der Waals surface area contributed by atoms with Crippen LogP contribution in [0, 0.1) is 11.8 Å². The predicted octanol–water partition coefficient (Wildman–Crippen LogP) is 1.30. The molecule has 0 radical (unpaired) electrons. The van der Waals surface area contributed by atoms with Gasteiger partial charge in [-0.2, -0.15) is 0 Å². The van der Waals surface area contributed by atoms with Crippen LogP contribution < -0.4 is 5.73 Å². The molecule has 2 N–H and O–H groups in total. The van der Waals surface area contributed by atoms with E-state index in [0.29, 0.717) is 6.04 Å². The second-order valence-corrected chi connectivity index (χ2v) is 3.29. The van der Waals surface area contributed by atoms with Gasteiger partial charge >= 0.3 is 0 Å². The minimum absolute atomic E-state index is 0.472. The molecule has 1 fully saturated rings. The van der Waals surface area contributed by atoms with Crippen LogP contribution in [0.1, 0.15) is 19.3 Å². The molecule has 2 aliphatic carbocycles. The molecule has 1 saturated carbocycles. The summed E-state index contributed by atoms with van der Waals surface area (Å²) in [6.07, 6.45) is 8.55. The third-order valence-corrected chi connectivity index (χ3v) is 2.63. The fraction of sp³-hybridized carbons (Fsp3) is 0.750. The molecule has 2 aliphatic rings. The van der Waals surface area contributed by atoms with Crippen molar-refractivity contribution in [3.05, 3.63) is 12.2 Å². The first-order valence-corrected chi connectivity index (χ1v) is 3.80. The van der Waals surface area contributed by atoms with Crippen molar-refractivity contribution in [2.75, 3.05) is 0 Å². The van der Waals surface area contributed by atoms with E-state index < -0.39 is 0 Å². The monoisotopic (exact) mass is 123 g/mol. The molecule has 0 aromatic heterocycles. The fourth-order valence-electron chi connectivity index (χ4n) is 1.96. The Morgan fingerprint density at radius 2 is 2.11 bits per heavy atom. The fourth-order valence-corrected chi connectivity index (χ4v) is 1.96. The number of nitrogens with two attached hydrogens (primary N) is 1. The van der Waals surface area contributed by atoms with Gasteiger partial charge in [-0.1, -0.05) is 12.2 Å². The van der Waals surface area contributed by atoms with Crippen LogP contribution in [0.25, 0.3) is 0 Å². The van der Waals surface area contributed by atoms with Gasteiger partial charge in [-0.15, -0.1) is 0 Å². The lowest BCUT2D eigenvalue weighted by Crippen LogP contribution is -2.31. The van der Waals surface area contributed by atoms with Crippen molar-refractivity contribution in [2.45, 2.75) is 25.3 Å². The van der Waals surface area contributed by atoms with E-state index in [2.05, 4.69) is 12.2 Å². The van der Waals surface area contributed by atoms with Crippen LogP contribution in [0.3, 0.4) is 0 Å². The van der Waals surface area contributed by atoms with Crippen LogP contribution in [-0.2, 0) is 0 Å². The Morgan fingerprint density at radius 1 is 1.22 bits per heavy atom. The highest BCUT2D eigenvalue weighted by Crippen LogP contribution is 2.35. The molecule has 1 heteroatoms. The molecular weight excluding hydrogens is 110 g/mol. The molecule has 3 atom stereocenters. The first-order valence-electron chi connectivity index (χ1n) is 3.80. The van der Waals surface area contributed by atoms with Crippen molar-refractivity contribution >= 4 is 0 Å². The Hall–Kier alpha value is -0.300. The minimum atomic E-state index is 0.472.